The topological polar surface area (TPSA) is 97.3 Å². The summed E-state index contributed by atoms with van der Waals surface area (Å²) in [5, 5.41) is 12.2. The predicted octanol–water partition coefficient (Wildman–Crippen LogP) is 5.05. The van der Waals surface area contributed by atoms with Crippen molar-refractivity contribution in [2.45, 2.75) is 83.2 Å². The van der Waals surface area contributed by atoms with Crippen LogP contribution in [0.1, 0.15) is 75.0 Å². The van der Waals surface area contributed by atoms with Crippen molar-refractivity contribution in [1.82, 2.24) is 4.90 Å². The summed E-state index contributed by atoms with van der Waals surface area (Å²) >= 11 is 0. The van der Waals surface area contributed by atoms with E-state index < -0.39 is 24.3 Å². The molecule has 2 aromatic carbocycles. The van der Waals surface area contributed by atoms with Crippen LogP contribution in [0.2, 0.25) is 0 Å². The number of carbonyl (C=O) groups excluding carboxylic acids is 2. The van der Waals surface area contributed by atoms with E-state index in [1.165, 1.54) is 39.5 Å². The number of aliphatic hydroxyl groups excluding tert-OH is 1. The van der Waals surface area contributed by atoms with Gasteiger partial charge in [-0.05, 0) is 43.0 Å². The van der Waals surface area contributed by atoms with Gasteiger partial charge >= 0.3 is 5.97 Å². The molecule has 1 saturated carbocycles. The summed E-state index contributed by atoms with van der Waals surface area (Å²) < 4.78 is 17.9. The summed E-state index contributed by atoms with van der Waals surface area (Å²) in [5.41, 5.74) is 3.34. The van der Waals surface area contributed by atoms with E-state index >= 15 is 0 Å². The number of amides is 1. The van der Waals surface area contributed by atoms with Gasteiger partial charge in [0.2, 0.25) is 0 Å². The van der Waals surface area contributed by atoms with Crippen molar-refractivity contribution < 1.29 is 28.9 Å². The Morgan fingerprint density at radius 1 is 1.10 bits per heavy atom. The monoisotopic (exact) mass is 536 g/mol. The van der Waals surface area contributed by atoms with Gasteiger partial charge in [0.1, 0.15) is 0 Å². The van der Waals surface area contributed by atoms with Gasteiger partial charge in [-0.15, -0.1) is 6.58 Å². The fraction of sp³-hybridized carbons (Fsp3) is 0.484. The van der Waals surface area contributed by atoms with E-state index in [1.807, 2.05) is 42.5 Å². The summed E-state index contributed by atoms with van der Waals surface area (Å²) in [5.74, 6) is -0.905. The second-order valence-corrected chi connectivity index (χ2v) is 10.4. The molecule has 8 nitrogen and oxygen atoms in total. The van der Waals surface area contributed by atoms with Crippen LogP contribution in [-0.4, -0.2) is 53.2 Å². The van der Waals surface area contributed by atoms with Crippen LogP contribution in [0.15, 0.2) is 61.2 Å². The number of carbonyl (C=O) groups is 2. The highest BCUT2D eigenvalue weighted by Crippen LogP contribution is 2.39. The third-order valence-electron chi connectivity index (χ3n) is 7.42. The minimum Gasteiger partial charge on any atom is -0.453 e. The lowest BCUT2D eigenvalue weighted by Gasteiger charge is -2.39. The smallest absolute Gasteiger partial charge is 0.303 e. The Hall–Kier alpha value is -3.04. The minimum absolute atomic E-state index is 0.000604. The molecule has 0 spiro atoms. The van der Waals surface area contributed by atoms with Gasteiger partial charge in [0, 0.05) is 43.7 Å². The number of nitrogens with zero attached hydrogens (tertiary/aromatic N) is 1. The molecule has 0 radical (unpaired) electrons. The number of rotatable bonds is 11. The highest BCUT2D eigenvalue weighted by molar-refractivity contribution is 5.94. The number of benzene rings is 2. The average molecular weight is 537 g/mol. The largest absolute Gasteiger partial charge is 0.453 e. The Morgan fingerprint density at radius 2 is 1.77 bits per heavy atom. The molecule has 8 heteroatoms. The third-order valence-corrected chi connectivity index (χ3v) is 7.42. The average Bonchev–Trinajstić information content (AvgIpc) is 3.48. The van der Waals surface area contributed by atoms with Crippen LogP contribution in [0.4, 0.5) is 5.69 Å². The first-order valence-corrected chi connectivity index (χ1v) is 13.8. The minimum atomic E-state index is -0.885. The van der Waals surface area contributed by atoms with Crippen molar-refractivity contribution in [1.29, 1.82) is 0 Å². The van der Waals surface area contributed by atoms with Gasteiger partial charge in [-0.1, -0.05) is 55.3 Å². The second-order valence-electron chi connectivity index (χ2n) is 10.4. The van der Waals surface area contributed by atoms with Crippen LogP contribution in [0, 0.1) is 0 Å². The Balaban J connectivity index is 1.50. The Morgan fingerprint density at radius 3 is 2.38 bits per heavy atom. The molecule has 1 heterocycles. The number of hydrogen-bond donors (Lipinski definition) is 2. The summed E-state index contributed by atoms with van der Waals surface area (Å²) in [6, 6.07) is 15.8. The van der Waals surface area contributed by atoms with Crippen LogP contribution < -0.4 is 5.32 Å². The van der Waals surface area contributed by atoms with Gasteiger partial charge in [0.05, 0.1) is 18.8 Å². The Labute approximate surface area is 230 Å². The molecule has 2 fully saturated rings. The molecule has 39 heavy (non-hydrogen) atoms. The van der Waals surface area contributed by atoms with E-state index in [1.54, 1.807) is 12.1 Å². The van der Waals surface area contributed by atoms with Crippen LogP contribution >= 0.6 is 0 Å². The lowest BCUT2D eigenvalue weighted by Crippen LogP contribution is -2.43. The molecule has 4 atom stereocenters. The van der Waals surface area contributed by atoms with Crippen molar-refractivity contribution in [3.8, 4) is 0 Å². The fourth-order valence-corrected chi connectivity index (χ4v) is 5.37. The van der Waals surface area contributed by atoms with Crippen LogP contribution in [0.3, 0.4) is 0 Å². The molecule has 2 aliphatic rings. The lowest BCUT2D eigenvalue weighted by atomic mass is 9.99. The highest BCUT2D eigenvalue weighted by atomic mass is 16.7. The summed E-state index contributed by atoms with van der Waals surface area (Å²) in [7, 11) is 0. The van der Waals surface area contributed by atoms with Gasteiger partial charge in [0.15, 0.2) is 12.4 Å². The maximum atomic E-state index is 12.3. The standard InChI is InChI=1S/C31H40N2O6/c1-4-17-33(27-7-5-6-8-27)19-28-18-29(24-11-9-23(20-34)10-12-24)39-31(38-28)25-13-15-26(16-14-25)32-30(36)21(2)37-22(3)35/h4,9-16,21,27-29,31,34H,1,5-8,17-20H2,2-3H3,(H,32,36). The first-order chi connectivity index (χ1) is 18.9. The molecule has 1 saturated heterocycles. The summed E-state index contributed by atoms with van der Waals surface area (Å²) in [4.78, 5) is 26.0. The number of aliphatic hydroxyl groups is 1. The Kier molecular flexibility index (Phi) is 10.3. The van der Waals surface area contributed by atoms with Crippen LogP contribution in [-0.2, 0) is 30.4 Å². The normalized spacial score (nSPS) is 22.4. The van der Waals surface area contributed by atoms with Crippen molar-refractivity contribution >= 4 is 17.6 Å². The molecule has 1 amide bonds. The third kappa shape index (κ3) is 7.99. The number of ether oxygens (including phenoxy) is 3. The summed E-state index contributed by atoms with van der Waals surface area (Å²) in [6.45, 7) is 8.40. The molecule has 2 aromatic rings. The van der Waals surface area contributed by atoms with Gasteiger partial charge in [0.25, 0.3) is 5.91 Å². The molecule has 0 bridgehead atoms. The molecule has 2 N–H and O–H groups in total. The molecule has 0 aromatic heterocycles. The zero-order chi connectivity index (χ0) is 27.8. The molecule has 1 aliphatic heterocycles. The maximum Gasteiger partial charge on any atom is 0.303 e. The first kappa shape index (κ1) is 29.0. The van der Waals surface area contributed by atoms with Crippen LogP contribution in [0.5, 0.6) is 0 Å². The zero-order valence-corrected chi connectivity index (χ0v) is 22.9. The van der Waals surface area contributed by atoms with E-state index in [-0.39, 0.29) is 18.8 Å². The van der Waals surface area contributed by atoms with Crippen molar-refractivity contribution in [3.05, 3.63) is 77.9 Å². The van der Waals surface area contributed by atoms with Crippen molar-refractivity contribution in [2.24, 2.45) is 0 Å². The Bertz CT molecular complexity index is 1100. The molecule has 210 valence electrons. The summed E-state index contributed by atoms with van der Waals surface area (Å²) in [6.07, 6.45) is 5.94. The van der Waals surface area contributed by atoms with E-state index in [0.717, 1.165) is 36.2 Å². The van der Waals surface area contributed by atoms with Crippen molar-refractivity contribution in [3.63, 3.8) is 0 Å². The zero-order valence-electron chi connectivity index (χ0n) is 22.9. The number of anilines is 1. The van der Waals surface area contributed by atoms with Gasteiger partial charge < -0.3 is 24.6 Å². The molecule has 4 rings (SSSR count). The number of esters is 1. The molecular formula is C31H40N2O6. The quantitative estimate of drug-likeness (QED) is 0.307. The number of nitrogens with one attached hydrogen (secondary N) is 1. The van der Waals surface area contributed by atoms with Gasteiger partial charge in [-0.25, -0.2) is 0 Å². The van der Waals surface area contributed by atoms with E-state index in [0.29, 0.717) is 11.7 Å². The second kappa shape index (κ2) is 13.8. The molecule has 1 aliphatic carbocycles. The first-order valence-electron chi connectivity index (χ1n) is 13.8. The van der Waals surface area contributed by atoms with E-state index in [2.05, 4.69) is 16.8 Å². The van der Waals surface area contributed by atoms with E-state index in [9.17, 15) is 14.7 Å². The fourth-order valence-electron chi connectivity index (χ4n) is 5.37. The predicted molar refractivity (Wildman–Crippen MR) is 149 cm³/mol. The number of hydrogen-bond acceptors (Lipinski definition) is 7. The van der Waals surface area contributed by atoms with Crippen molar-refractivity contribution in [2.75, 3.05) is 18.4 Å². The highest BCUT2D eigenvalue weighted by Gasteiger charge is 2.34. The van der Waals surface area contributed by atoms with Gasteiger partial charge in [-0.3, -0.25) is 14.5 Å². The van der Waals surface area contributed by atoms with Gasteiger partial charge in [-0.2, -0.15) is 0 Å². The van der Waals surface area contributed by atoms with Crippen LogP contribution in [0.25, 0.3) is 0 Å². The molecule has 4 unspecified atom stereocenters. The SMILES string of the molecule is C=CCN(CC1CC(c2ccc(CO)cc2)OC(c2ccc(NC(=O)C(C)OC(C)=O)cc2)O1)C1CCCC1. The molecular weight excluding hydrogens is 496 g/mol. The maximum absolute atomic E-state index is 12.3. The van der Waals surface area contributed by atoms with E-state index in [4.69, 9.17) is 14.2 Å². The lowest BCUT2D eigenvalue weighted by molar-refractivity contribution is -0.253.